The van der Waals surface area contributed by atoms with Crippen molar-refractivity contribution in [2.75, 3.05) is 0 Å². The number of hydrogen-bond acceptors (Lipinski definition) is 0. The smallest absolute Gasteiger partial charge is 0.121 e. The van der Waals surface area contributed by atoms with E-state index in [1.807, 2.05) is 20.8 Å². The summed E-state index contributed by atoms with van der Waals surface area (Å²) in [7, 11) is 0. The molecule has 2 heteroatoms. The van der Waals surface area contributed by atoms with Crippen molar-refractivity contribution in [2.45, 2.75) is 27.2 Å². The van der Waals surface area contributed by atoms with Gasteiger partial charge in [0.1, 0.15) is 11.7 Å². The van der Waals surface area contributed by atoms with Crippen molar-refractivity contribution in [1.29, 1.82) is 0 Å². The van der Waals surface area contributed by atoms with Crippen molar-refractivity contribution in [2.24, 2.45) is 11.3 Å². The van der Waals surface area contributed by atoms with Gasteiger partial charge in [0.25, 0.3) is 0 Å². The largest absolute Gasteiger partial charge is 0.211 e. The summed E-state index contributed by atoms with van der Waals surface area (Å²) >= 11 is 0. The molecule has 0 saturated heterocycles. The van der Waals surface area contributed by atoms with Crippen LogP contribution in [0, 0.1) is 11.3 Å². The lowest BCUT2D eigenvalue weighted by atomic mass is 9.73. The Morgan fingerprint density at radius 3 is 2.42 bits per heavy atom. The normalized spacial score (nSPS) is 30.2. The molecule has 0 nitrogen and oxygen atoms in total. The molecule has 0 bridgehead atoms. The zero-order valence-electron chi connectivity index (χ0n) is 7.70. The highest BCUT2D eigenvalue weighted by molar-refractivity contribution is 5.25. The Morgan fingerprint density at radius 2 is 2.00 bits per heavy atom. The standard InChI is InChI=1S/C10H14F2/c1-7(2)10(3)5-4-8(11)6-9(10)12/h4,6-7H,5H2,1-3H3/t10-/m1/s1. The second-order valence-corrected chi connectivity index (χ2v) is 3.86. The average Bonchev–Trinajstić information content (AvgIpc) is 1.97. The van der Waals surface area contributed by atoms with Gasteiger partial charge in [0, 0.05) is 11.5 Å². The summed E-state index contributed by atoms with van der Waals surface area (Å²) in [5.74, 6) is -0.596. The van der Waals surface area contributed by atoms with Crippen LogP contribution in [0.5, 0.6) is 0 Å². The molecule has 0 aromatic heterocycles. The van der Waals surface area contributed by atoms with Crippen LogP contribution in [-0.4, -0.2) is 0 Å². The third-order valence-corrected chi connectivity index (χ3v) is 2.81. The van der Waals surface area contributed by atoms with Gasteiger partial charge in [-0.15, -0.1) is 0 Å². The number of allylic oxidation sites excluding steroid dienone is 4. The van der Waals surface area contributed by atoms with E-state index in [0.717, 1.165) is 6.08 Å². The molecular formula is C10H14F2. The molecule has 0 amide bonds. The Labute approximate surface area is 72.0 Å². The first-order valence-corrected chi connectivity index (χ1v) is 4.20. The first-order chi connectivity index (χ1) is 5.47. The van der Waals surface area contributed by atoms with Crippen LogP contribution < -0.4 is 0 Å². The SMILES string of the molecule is CC(C)[C@@]1(C)CC=C(F)C=C1F. The minimum Gasteiger partial charge on any atom is -0.211 e. The zero-order valence-corrected chi connectivity index (χ0v) is 7.70. The van der Waals surface area contributed by atoms with Crippen LogP contribution in [0.4, 0.5) is 8.78 Å². The molecular weight excluding hydrogens is 158 g/mol. The van der Waals surface area contributed by atoms with Crippen molar-refractivity contribution < 1.29 is 8.78 Å². The molecule has 0 aromatic carbocycles. The Kier molecular flexibility index (Phi) is 2.36. The lowest BCUT2D eigenvalue weighted by Gasteiger charge is -2.32. The summed E-state index contributed by atoms with van der Waals surface area (Å²) in [6.45, 7) is 5.72. The van der Waals surface area contributed by atoms with E-state index in [0.29, 0.717) is 6.42 Å². The second-order valence-electron chi connectivity index (χ2n) is 3.86. The van der Waals surface area contributed by atoms with Crippen molar-refractivity contribution in [3.63, 3.8) is 0 Å². The Balaban J connectivity index is 2.93. The first kappa shape index (κ1) is 9.43. The molecule has 1 aliphatic rings. The maximum atomic E-state index is 13.3. The predicted molar refractivity (Wildman–Crippen MR) is 45.9 cm³/mol. The molecule has 0 spiro atoms. The minimum absolute atomic E-state index is 0.193. The van der Waals surface area contributed by atoms with Crippen LogP contribution >= 0.6 is 0 Å². The Bertz CT molecular complexity index is 238. The van der Waals surface area contributed by atoms with Gasteiger partial charge in [0.2, 0.25) is 0 Å². The second kappa shape index (κ2) is 3.00. The third kappa shape index (κ3) is 1.43. The highest BCUT2D eigenvalue weighted by Gasteiger charge is 2.34. The van der Waals surface area contributed by atoms with Crippen molar-refractivity contribution >= 4 is 0 Å². The van der Waals surface area contributed by atoms with Gasteiger partial charge in [-0.3, -0.25) is 0 Å². The van der Waals surface area contributed by atoms with Crippen molar-refractivity contribution in [3.8, 4) is 0 Å². The molecule has 12 heavy (non-hydrogen) atoms. The van der Waals surface area contributed by atoms with Crippen LogP contribution in [-0.2, 0) is 0 Å². The molecule has 0 heterocycles. The molecule has 1 aliphatic carbocycles. The van der Waals surface area contributed by atoms with Gasteiger partial charge >= 0.3 is 0 Å². The number of rotatable bonds is 1. The van der Waals surface area contributed by atoms with E-state index < -0.39 is 11.2 Å². The molecule has 1 rings (SSSR count). The maximum Gasteiger partial charge on any atom is 0.121 e. The van der Waals surface area contributed by atoms with Crippen LogP contribution in [0.15, 0.2) is 23.8 Å². The molecule has 0 saturated carbocycles. The quantitative estimate of drug-likeness (QED) is 0.565. The topological polar surface area (TPSA) is 0 Å². The van der Waals surface area contributed by atoms with E-state index in [4.69, 9.17) is 0 Å². The molecule has 0 aliphatic heterocycles. The fourth-order valence-corrected chi connectivity index (χ4v) is 1.26. The molecule has 0 unspecified atom stereocenters. The van der Waals surface area contributed by atoms with Gasteiger partial charge in [-0.1, -0.05) is 20.8 Å². The number of hydrogen-bond donors (Lipinski definition) is 0. The molecule has 0 aromatic rings. The van der Waals surface area contributed by atoms with Gasteiger partial charge in [-0.05, 0) is 18.4 Å². The monoisotopic (exact) mass is 172 g/mol. The fraction of sp³-hybridized carbons (Fsp3) is 0.600. The van der Waals surface area contributed by atoms with E-state index in [1.165, 1.54) is 6.08 Å². The van der Waals surface area contributed by atoms with Gasteiger partial charge in [0.05, 0.1) is 0 Å². The number of halogens is 2. The maximum absolute atomic E-state index is 13.3. The summed E-state index contributed by atoms with van der Waals surface area (Å²) in [5, 5.41) is 0. The molecule has 68 valence electrons. The highest BCUT2D eigenvalue weighted by Crippen LogP contribution is 2.43. The van der Waals surface area contributed by atoms with Crippen LogP contribution in [0.25, 0.3) is 0 Å². The minimum atomic E-state index is -0.504. The van der Waals surface area contributed by atoms with Gasteiger partial charge in [-0.2, -0.15) is 0 Å². The average molecular weight is 172 g/mol. The molecule has 0 fully saturated rings. The van der Waals surface area contributed by atoms with E-state index in [1.54, 1.807) is 0 Å². The summed E-state index contributed by atoms with van der Waals surface area (Å²) in [5.41, 5.74) is -0.504. The van der Waals surface area contributed by atoms with Crippen molar-refractivity contribution in [3.05, 3.63) is 23.8 Å². The van der Waals surface area contributed by atoms with Gasteiger partial charge in [0.15, 0.2) is 0 Å². The van der Waals surface area contributed by atoms with E-state index in [9.17, 15) is 8.78 Å². The van der Waals surface area contributed by atoms with Crippen LogP contribution in [0.3, 0.4) is 0 Å². The summed E-state index contributed by atoms with van der Waals surface area (Å²) in [6.07, 6.45) is 2.89. The lowest BCUT2D eigenvalue weighted by Crippen LogP contribution is -2.25. The van der Waals surface area contributed by atoms with E-state index >= 15 is 0 Å². The van der Waals surface area contributed by atoms with Crippen LogP contribution in [0.1, 0.15) is 27.2 Å². The molecule has 0 N–H and O–H groups in total. The predicted octanol–water partition coefficient (Wildman–Crippen LogP) is 3.76. The van der Waals surface area contributed by atoms with E-state index in [-0.39, 0.29) is 11.7 Å². The Hall–Kier alpha value is -0.660. The molecule has 1 atom stereocenters. The van der Waals surface area contributed by atoms with E-state index in [2.05, 4.69) is 0 Å². The zero-order chi connectivity index (χ0) is 9.35. The molecule has 0 radical (unpaired) electrons. The summed E-state index contributed by atoms with van der Waals surface area (Å²) in [6, 6.07) is 0. The highest BCUT2D eigenvalue weighted by atomic mass is 19.1. The third-order valence-electron chi connectivity index (χ3n) is 2.81. The fourth-order valence-electron chi connectivity index (χ4n) is 1.26. The Morgan fingerprint density at radius 1 is 1.42 bits per heavy atom. The van der Waals surface area contributed by atoms with Gasteiger partial charge in [-0.25, -0.2) is 8.78 Å². The summed E-state index contributed by atoms with van der Waals surface area (Å²) in [4.78, 5) is 0. The van der Waals surface area contributed by atoms with Crippen LogP contribution in [0.2, 0.25) is 0 Å². The summed E-state index contributed by atoms with van der Waals surface area (Å²) < 4.78 is 25.9. The van der Waals surface area contributed by atoms with Gasteiger partial charge < -0.3 is 0 Å². The first-order valence-electron chi connectivity index (χ1n) is 4.20. The van der Waals surface area contributed by atoms with Crippen molar-refractivity contribution in [1.82, 2.24) is 0 Å². The lowest BCUT2D eigenvalue weighted by molar-refractivity contribution is 0.220.